The number of rotatable bonds is 4. The molecule has 2 aromatic rings. The first-order valence-corrected chi connectivity index (χ1v) is 6.55. The van der Waals surface area contributed by atoms with Gasteiger partial charge in [-0.05, 0) is 29.1 Å². The first kappa shape index (κ1) is 12.6. The number of methoxy groups -OCH3 is 1. The minimum absolute atomic E-state index is 0.302. The zero-order valence-electron chi connectivity index (χ0n) is 10.1. The van der Waals surface area contributed by atoms with Crippen LogP contribution in [0.4, 0.5) is 0 Å². The number of ether oxygens (including phenoxy) is 1. The van der Waals surface area contributed by atoms with Crippen LogP contribution < -0.4 is 0 Å². The van der Waals surface area contributed by atoms with Gasteiger partial charge in [-0.1, -0.05) is 30.4 Å². The van der Waals surface area contributed by atoms with Crippen LogP contribution in [-0.2, 0) is 11.2 Å². The number of carbonyl (C=O) groups is 1. The number of esters is 1. The van der Waals surface area contributed by atoms with E-state index in [1.807, 2.05) is 12.1 Å². The third-order valence-electron chi connectivity index (χ3n) is 2.54. The minimum atomic E-state index is -0.302. The van der Waals surface area contributed by atoms with Crippen LogP contribution >= 0.6 is 11.3 Å². The second kappa shape index (κ2) is 6.17. The van der Waals surface area contributed by atoms with Gasteiger partial charge in [0.15, 0.2) is 0 Å². The summed E-state index contributed by atoms with van der Waals surface area (Å²) in [6.07, 6.45) is 5.12. The largest absolute Gasteiger partial charge is 0.465 e. The van der Waals surface area contributed by atoms with E-state index in [2.05, 4.69) is 34.4 Å². The average Bonchev–Trinajstić information content (AvgIpc) is 2.92. The molecule has 0 saturated heterocycles. The lowest BCUT2D eigenvalue weighted by atomic mass is 10.1. The summed E-state index contributed by atoms with van der Waals surface area (Å²) in [4.78, 5) is 12.6. The Morgan fingerprint density at radius 3 is 2.67 bits per heavy atom. The van der Waals surface area contributed by atoms with Crippen molar-refractivity contribution < 1.29 is 9.53 Å². The van der Waals surface area contributed by atoms with Crippen molar-refractivity contribution in [1.29, 1.82) is 0 Å². The van der Waals surface area contributed by atoms with E-state index in [1.165, 1.54) is 12.0 Å². The summed E-state index contributed by atoms with van der Waals surface area (Å²) in [7, 11) is 1.39. The van der Waals surface area contributed by atoms with Gasteiger partial charge in [-0.3, -0.25) is 0 Å². The fourth-order valence-corrected chi connectivity index (χ4v) is 2.27. The number of thiophene rings is 1. The van der Waals surface area contributed by atoms with Crippen LogP contribution in [-0.4, -0.2) is 13.1 Å². The molecule has 2 rings (SSSR count). The molecular formula is C15H14O2S. The smallest absolute Gasteiger partial charge is 0.337 e. The number of hydrogen-bond donors (Lipinski definition) is 0. The Kier molecular flexibility index (Phi) is 4.31. The lowest BCUT2D eigenvalue weighted by Crippen LogP contribution is -2.00. The highest BCUT2D eigenvalue weighted by molar-refractivity contribution is 7.09. The van der Waals surface area contributed by atoms with E-state index in [0.717, 1.165) is 12.0 Å². The highest BCUT2D eigenvalue weighted by Crippen LogP contribution is 2.12. The Balaban J connectivity index is 1.97. The number of allylic oxidation sites excluding steroid dienone is 1. The number of carbonyl (C=O) groups excluding carboxylic acids is 1. The van der Waals surface area contributed by atoms with Crippen LogP contribution in [0.15, 0.2) is 47.9 Å². The first-order valence-electron chi connectivity index (χ1n) is 5.67. The second-order valence-electron chi connectivity index (χ2n) is 3.80. The van der Waals surface area contributed by atoms with Crippen molar-refractivity contribution in [3.63, 3.8) is 0 Å². The van der Waals surface area contributed by atoms with Crippen LogP contribution in [0.2, 0.25) is 0 Å². The maximum absolute atomic E-state index is 11.3. The van der Waals surface area contributed by atoms with Crippen molar-refractivity contribution in [2.75, 3.05) is 7.11 Å². The maximum Gasteiger partial charge on any atom is 0.337 e. The molecule has 0 aliphatic heterocycles. The topological polar surface area (TPSA) is 26.3 Å². The maximum atomic E-state index is 11.3. The van der Waals surface area contributed by atoms with Crippen LogP contribution in [0, 0.1) is 0 Å². The lowest BCUT2D eigenvalue weighted by molar-refractivity contribution is 0.0601. The van der Waals surface area contributed by atoms with Gasteiger partial charge in [0.05, 0.1) is 12.7 Å². The van der Waals surface area contributed by atoms with Gasteiger partial charge < -0.3 is 4.74 Å². The normalized spacial score (nSPS) is 10.7. The molecule has 0 spiro atoms. The van der Waals surface area contributed by atoms with Crippen molar-refractivity contribution in [3.05, 3.63) is 63.9 Å². The van der Waals surface area contributed by atoms with E-state index in [0.29, 0.717) is 5.56 Å². The fraction of sp³-hybridized carbons (Fsp3) is 0.133. The molecule has 0 N–H and O–H groups in total. The minimum Gasteiger partial charge on any atom is -0.465 e. The van der Waals surface area contributed by atoms with Gasteiger partial charge in [0.25, 0.3) is 0 Å². The van der Waals surface area contributed by atoms with Crippen LogP contribution in [0.3, 0.4) is 0 Å². The Labute approximate surface area is 111 Å². The van der Waals surface area contributed by atoms with Gasteiger partial charge in [0.1, 0.15) is 0 Å². The molecule has 1 aromatic carbocycles. The Morgan fingerprint density at radius 2 is 2.06 bits per heavy atom. The molecule has 0 radical (unpaired) electrons. The molecule has 0 aliphatic carbocycles. The molecule has 0 atom stereocenters. The molecule has 0 amide bonds. The van der Waals surface area contributed by atoms with E-state index in [-0.39, 0.29) is 5.97 Å². The van der Waals surface area contributed by atoms with Crippen LogP contribution in [0.25, 0.3) is 6.08 Å². The third-order valence-corrected chi connectivity index (χ3v) is 3.44. The summed E-state index contributed by atoms with van der Waals surface area (Å²) in [5.41, 5.74) is 1.66. The SMILES string of the molecule is COC(=O)c1ccc(/C=C/Cc2cccs2)cc1. The van der Waals surface area contributed by atoms with Crippen molar-refractivity contribution in [3.8, 4) is 0 Å². The van der Waals surface area contributed by atoms with E-state index in [9.17, 15) is 4.79 Å². The van der Waals surface area contributed by atoms with Crippen molar-refractivity contribution in [2.45, 2.75) is 6.42 Å². The molecule has 0 bridgehead atoms. The first-order chi connectivity index (χ1) is 8.79. The molecule has 2 nitrogen and oxygen atoms in total. The highest BCUT2D eigenvalue weighted by atomic mass is 32.1. The Morgan fingerprint density at radius 1 is 1.28 bits per heavy atom. The average molecular weight is 258 g/mol. The van der Waals surface area contributed by atoms with Crippen LogP contribution in [0.1, 0.15) is 20.8 Å². The molecule has 1 heterocycles. The van der Waals surface area contributed by atoms with E-state index in [4.69, 9.17) is 0 Å². The predicted octanol–water partition coefficient (Wildman–Crippen LogP) is 3.79. The highest BCUT2D eigenvalue weighted by Gasteiger charge is 2.02. The van der Waals surface area contributed by atoms with Gasteiger partial charge in [0.2, 0.25) is 0 Å². The molecule has 3 heteroatoms. The van der Waals surface area contributed by atoms with Crippen molar-refractivity contribution in [2.24, 2.45) is 0 Å². The van der Waals surface area contributed by atoms with E-state index < -0.39 is 0 Å². The molecule has 92 valence electrons. The van der Waals surface area contributed by atoms with E-state index >= 15 is 0 Å². The van der Waals surface area contributed by atoms with E-state index in [1.54, 1.807) is 23.5 Å². The van der Waals surface area contributed by atoms with Gasteiger partial charge in [-0.2, -0.15) is 0 Å². The number of benzene rings is 1. The lowest BCUT2D eigenvalue weighted by Gasteiger charge is -1.99. The van der Waals surface area contributed by atoms with Crippen molar-refractivity contribution >= 4 is 23.4 Å². The predicted molar refractivity (Wildman–Crippen MR) is 74.8 cm³/mol. The van der Waals surface area contributed by atoms with Crippen LogP contribution in [0.5, 0.6) is 0 Å². The monoisotopic (exact) mass is 258 g/mol. The zero-order valence-corrected chi connectivity index (χ0v) is 10.9. The van der Waals surface area contributed by atoms with Gasteiger partial charge >= 0.3 is 5.97 Å². The molecule has 0 fully saturated rings. The summed E-state index contributed by atoms with van der Waals surface area (Å²) >= 11 is 1.75. The summed E-state index contributed by atoms with van der Waals surface area (Å²) in [5, 5.41) is 2.08. The summed E-state index contributed by atoms with van der Waals surface area (Å²) in [6, 6.07) is 11.6. The standard InChI is InChI=1S/C15H14O2S/c1-17-15(16)13-9-7-12(8-10-13)4-2-5-14-6-3-11-18-14/h2-4,6-11H,5H2,1H3/b4-2+. The summed E-state index contributed by atoms with van der Waals surface area (Å²) < 4.78 is 4.65. The number of hydrogen-bond acceptors (Lipinski definition) is 3. The van der Waals surface area contributed by atoms with Crippen molar-refractivity contribution in [1.82, 2.24) is 0 Å². The van der Waals surface area contributed by atoms with Gasteiger partial charge in [-0.15, -0.1) is 11.3 Å². The molecule has 18 heavy (non-hydrogen) atoms. The second-order valence-corrected chi connectivity index (χ2v) is 4.83. The summed E-state index contributed by atoms with van der Waals surface area (Å²) in [5.74, 6) is -0.302. The molecule has 0 saturated carbocycles. The van der Waals surface area contributed by atoms with Gasteiger partial charge in [-0.25, -0.2) is 4.79 Å². The summed E-state index contributed by atoms with van der Waals surface area (Å²) in [6.45, 7) is 0. The molecular weight excluding hydrogens is 244 g/mol. The fourth-order valence-electron chi connectivity index (χ4n) is 1.59. The Bertz CT molecular complexity index is 524. The van der Waals surface area contributed by atoms with Gasteiger partial charge in [0, 0.05) is 11.3 Å². The molecule has 1 aromatic heterocycles. The zero-order chi connectivity index (χ0) is 12.8. The molecule has 0 aliphatic rings. The Hall–Kier alpha value is -1.87. The quantitative estimate of drug-likeness (QED) is 0.780. The third kappa shape index (κ3) is 3.31. The molecule has 0 unspecified atom stereocenters.